The van der Waals surface area contributed by atoms with Gasteiger partial charge in [-0.15, -0.1) is 0 Å². The quantitative estimate of drug-likeness (QED) is 0.662. The molecule has 0 aromatic heterocycles. The van der Waals surface area contributed by atoms with Crippen molar-refractivity contribution < 1.29 is 13.9 Å². The van der Waals surface area contributed by atoms with E-state index >= 15 is 0 Å². The molecule has 0 saturated carbocycles. The second-order valence-electron chi connectivity index (χ2n) is 4.42. The van der Waals surface area contributed by atoms with Crippen LogP contribution in [-0.4, -0.2) is 68.1 Å². The lowest BCUT2D eigenvalue weighted by Crippen LogP contribution is -2.50. The summed E-state index contributed by atoms with van der Waals surface area (Å²) in [5, 5.41) is 0. The second-order valence-corrected chi connectivity index (χ2v) is 4.42. The van der Waals surface area contributed by atoms with Crippen LogP contribution in [0.25, 0.3) is 0 Å². The molecule has 7 heteroatoms. The second kappa shape index (κ2) is 5.72. The minimum absolute atomic E-state index is 0.0206. The maximum Gasteiger partial charge on any atom is 0.236 e. The Kier molecular flexibility index (Phi) is 4.27. The molecule has 2 heterocycles. The zero-order valence-corrected chi connectivity index (χ0v) is 9.99. The van der Waals surface area contributed by atoms with Gasteiger partial charge in [0.1, 0.15) is 6.17 Å². The molecule has 2 atom stereocenters. The SMILES string of the molecule is CO[C@H]1CCN(C(=O)CN2CNNC2)C[C@H]1F. The lowest BCUT2D eigenvalue weighted by molar-refractivity contribution is -0.137. The standard InChI is InChI=1S/C10H19FN4O2/c1-17-9-2-3-15(4-8(9)11)10(16)5-14-6-12-13-7-14/h8-9,12-13H,2-7H2,1H3/t8-,9+/m1/s1. The molecule has 2 aliphatic rings. The Labute approximate surface area is 100 Å². The molecule has 6 nitrogen and oxygen atoms in total. The van der Waals surface area contributed by atoms with Crippen LogP contribution in [-0.2, 0) is 9.53 Å². The molecule has 2 rings (SSSR count). The predicted molar refractivity (Wildman–Crippen MR) is 59.6 cm³/mol. The fourth-order valence-corrected chi connectivity index (χ4v) is 2.17. The maximum absolute atomic E-state index is 13.6. The number of amides is 1. The number of rotatable bonds is 3. The van der Waals surface area contributed by atoms with Gasteiger partial charge >= 0.3 is 0 Å². The Hall–Kier alpha value is -0.760. The Morgan fingerprint density at radius 3 is 2.76 bits per heavy atom. The van der Waals surface area contributed by atoms with Crippen LogP contribution in [0.4, 0.5) is 4.39 Å². The summed E-state index contributed by atoms with van der Waals surface area (Å²) in [5.41, 5.74) is 5.83. The van der Waals surface area contributed by atoms with Crippen molar-refractivity contribution in [3.05, 3.63) is 0 Å². The van der Waals surface area contributed by atoms with Gasteiger partial charge in [-0.3, -0.25) is 9.69 Å². The summed E-state index contributed by atoms with van der Waals surface area (Å²) in [5.74, 6) is -0.0206. The minimum atomic E-state index is -1.08. The maximum atomic E-state index is 13.6. The van der Waals surface area contributed by atoms with E-state index in [2.05, 4.69) is 10.9 Å². The average molecular weight is 246 g/mol. The van der Waals surface area contributed by atoms with Crippen molar-refractivity contribution >= 4 is 5.91 Å². The summed E-state index contributed by atoms with van der Waals surface area (Å²) in [6, 6.07) is 0. The van der Waals surface area contributed by atoms with Crippen LogP contribution in [0.15, 0.2) is 0 Å². The molecule has 2 saturated heterocycles. The van der Waals surface area contributed by atoms with Crippen molar-refractivity contribution in [3.8, 4) is 0 Å². The first kappa shape index (κ1) is 12.7. The third-order valence-electron chi connectivity index (χ3n) is 3.23. The van der Waals surface area contributed by atoms with Gasteiger partial charge in [0, 0.05) is 13.7 Å². The van der Waals surface area contributed by atoms with Crippen molar-refractivity contribution in [1.82, 2.24) is 20.7 Å². The number of alkyl halides is 1. The summed E-state index contributed by atoms with van der Waals surface area (Å²) in [6.07, 6.45) is -0.874. The third-order valence-corrected chi connectivity index (χ3v) is 3.23. The largest absolute Gasteiger partial charge is 0.378 e. The van der Waals surface area contributed by atoms with Gasteiger partial charge in [0.15, 0.2) is 0 Å². The number of carbonyl (C=O) groups is 1. The summed E-state index contributed by atoms with van der Waals surface area (Å²) < 4.78 is 18.6. The first-order chi connectivity index (χ1) is 8.20. The number of halogens is 1. The van der Waals surface area contributed by atoms with Gasteiger partial charge in [-0.2, -0.15) is 0 Å². The van der Waals surface area contributed by atoms with Gasteiger partial charge in [0.2, 0.25) is 5.91 Å². The Morgan fingerprint density at radius 1 is 1.47 bits per heavy atom. The van der Waals surface area contributed by atoms with E-state index in [4.69, 9.17) is 4.74 Å². The van der Waals surface area contributed by atoms with E-state index in [1.54, 1.807) is 4.90 Å². The minimum Gasteiger partial charge on any atom is -0.378 e. The molecule has 98 valence electrons. The van der Waals surface area contributed by atoms with E-state index in [-0.39, 0.29) is 18.6 Å². The van der Waals surface area contributed by atoms with Crippen molar-refractivity contribution in [2.45, 2.75) is 18.7 Å². The molecule has 0 aromatic carbocycles. The van der Waals surface area contributed by atoms with Crippen molar-refractivity contribution in [2.24, 2.45) is 0 Å². The van der Waals surface area contributed by atoms with Crippen molar-refractivity contribution in [1.29, 1.82) is 0 Å². The fourth-order valence-electron chi connectivity index (χ4n) is 2.17. The van der Waals surface area contributed by atoms with Gasteiger partial charge in [-0.25, -0.2) is 15.2 Å². The van der Waals surface area contributed by atoms with Gasteiger partial charge in [0.05, 0.1) is 32.5 Å². The molecule has 0 bridgehead atoms. The lowest BCUT2D eigenvalue weighted by atomic mass is 10.1. The van der Waals surface area contributed by atoms with Crippen LogP contribution >= 0.6 is 0 Å². The smallest absolute Gasteiger partial charge is 0.236 e. The lowest BCUT2D eigenvalue weighted by Gasteiger charge is -2.34. The molecule has 1 amide bonds. The van der Waals surface area contributed by atoms with E-state index in [0.29, 0.717) is 32.8 Å². The highest BCUT2D eigenvalue weighted by Crippen LogP contribution is 2.16. The van der Waals surface area contributed by atoms with Gasteiger partial charge < -0.3 is 9.64 Å². The summed E-state index contributed by atoms with van der Waals surface area (Å²) in [4.78, 5) is 15.4. The van der Waals surface area contributed by atoms with Crippen LogP contribution in [0.5, 0.6) is 0 Å². The number of hydrazine groups is 1. The highest BCUT2D eigenvalue weighted by molar-refractivity contribution is 5.78. The number of hydrogen-bond acceptors (Lipinski definition) is 5. The van der Waals surface area contributed by atoms with Crippen molar-refractivity contribution in [3.63, 3.8) is 0 Å². The number of nitrogens with zero attached hydrogens (tertiary/aromatic N) is 2. The molecule has 17 heavy (non-hydrogen) atoms. The molecule has 0 aliphatic carbocycles. The highest BCUT2D eigenvalue weighted by Gasteiger charge is 2.32. The van der Waals surface area contributed by atoms with Gasteiger partial charge in [0.25, 0.3) is 0 Å². The highest BCUT2D eigenvalue weighted by atomic mass is 19.1. The van der Waals surface area contributed by atoms with Crippen LogP contribution in [0.2, 0.25) is 0 Å². The molecule has 2 N–H and O–H groups in total. The van der Waals surface area contributed by atoms with Gasteiger partial charge in [-0.1, -0.05) is 0 Å². The third kappa shape index (κ3) is 3.12. The fraction of sp³-hybridized carbons (Fsp3) is 0.900. The first-order valence-corrected chi connectivity index (χ1v) is 5.83. The first-order valence-electron chi connectivity index (χ1n) is 5.83. The van der Waals surface area contributed by atoms with E-state index in [0.717, 1.165) is 0 Å². The number of ether oxygens (including phenoxy) is 1. The summed E-state index contributed by atoms with van der Waals surface area (Å²) >= 11 is 0. The van der Waals surface area contributed by atoms with Gasteiger partial charge in [-0.05, 0) is 6.42 Å². The van der Waals surface area contributed by atoms with Crippen LogP contribution in [0, 0.1) is 0 Å². The molecule has 0 radical (unpaired) electrons. The van der Waals surface area contributed by atoms with E-state index in [1.807, 2.05) is 4.90 Å². The normalized spacial score (nSPS) is 30.8. The number of methoxy groups -OCH3 is 1. The molecule has 0 spiro atoms. The van der Waals surface area contributed by atoms with E-state index < -0.39 is 6.17 Å². The average Bonchev–Trinajstić information content (AvgIpc) is 2.81. The Bertz CT molecular complexity index is 273. The molecule has 0 unspecified atom stereocenters. The van der Waals surface area contributed by atoms with Crippen LogP contribution < -0.4 is 10.9 Å². The number of likely N-dealkylation sites (tertiary alicyclic amines) is 1. The Balaban J connectivity index is 1.80. The molecule has 0 aromatic rings. The molecular formula is C10H19FN4O2. The number of carbonyl (C=O) groups excluding carboxylic acids is 1. The summed E-state index contributed by atoms with van der Waals surface area (Å²) in [6.45, 7) is 2.32. The zero-order valence-electron chi connectivity index (χ0n) is 9.99. The monoisotopic (exact) mass is 246 g/mol. The number of piperidine rings is 1. The molecule has 2 aliphatic heterocycles. The van der Waals surface area contributed by atoms with Crippen LogP contribution in [0.3, 0.4) is 0 Å². The molecule has 2 fully saturated rings. The predicted octanol–water partition coefficient (Wildman–Crippen LogP) is -1.10. The zero-order chi connectivity index (χ0) is 12.3. The number of hydrogen-bond donors (Lipinski definition) is 2. The van der Waals surface area contributed by atoms with Crippen molar-refractivity contribution in [2.75, 3.05) is 40.1 Å². The Morgan fingerprint density at radius 2 is 2.18 bits per heavy atom. The summed E-state index contributed by atoms with van der Waals surface area (Å²) in [7, 11) is 1.51. The van der Waals surface area contributed by atoms with Crippen LogP contribution in [0.1, 0.15) is 6.42 Å². The van der Waals surface area contributed by atoms with E-state index in [1.165, 1.54) is 7.11 Å². The molecular weight excluding hydrogens is 227 g/mol. The topological polar surface area (TPSA) is 56.8 Å². The number of nitrogens with one attached hydrogen (secondary N) is 2. The van der Waals surface area contributed by atoms with E-state index in [9.17, 15) is 9.18 Å².